The zero-order valence-electron chi connectivity index (χ0n) is 19.4. The van der Waals surface area contributed by atoms with Crippen molar-refractivity contribution in [1.82, 2.24) is 0 Å². The molecule has 1 spiro atoms. The van der Waals surface area contributed by atoms with Crippen LogP contribution in [-0.2, 0) is 14.3 Å². The minimum atomic E-state index is -1.10. The summed E-state index contributed by atoms with van der Waals surface area (Å²) in [5.74, 6) is 0.387. The summed E-state index contributed by atoms with van der Waals surface area (Å²) >= 11 is 0. The van der Waals surface area contributed by atoms with E-state index in [1.165, 1.54) is 11.1 Å². The zero-order valence-corrected chi connectivity index (χ0v) is 19.4. The Morgan fingerprint density at radius 1 is 1.22 bits per heavy atom. The van der Waals surface area contributed by atoms with Gasteiger partial charge in [-0.15, -0.1) is 0 Å². The number of rotatable bonds is 3. The van der Waals surface area contributed by atoms with Gasteiger partial charge in [0.25, 0.3) is 0 Å². The molecule has 4 fully saturated rings. The van der Waals surface area contributed by atoms with Gasteiger partial charge in [-0.25, -0.2) is 4.79 Å². The Kier molecular flexibility index (Phi) is 5.12. The smallest absolute Gasteiger partial charge is 0.331 e. The number of ether oxygens (including phenoxy) is 2. The number of hydrogen-bond donors (Lipinski definition) is 2. The van der Waals surface area contributed by atoms with Crippen LogP contribution in [0, 0.1) is 29.1 Å². The number of allylic oxidation sites excluding steroid dienone is 2. The Morgan fingerprint density at radius 2 is 1.94 bits per heavy atom. The Labute approximate surface area is 190 Å². The van der Waals surface area contributed by atoms with Crippen LogP contribution in [0.2, 0.25) is 0 Å². The highest BCUT2D eigenvalue weighted by molar-refractivity contribution is 5.86. The summed E-state index contributed by atoms with van der Waals surface area (Å²) in [4.78, 5) is 11.4. The molecule has 1 aliphatic heterocycles. The molecule has 2 N–H and O–H groups in total. The van der Waals surface area contributed by atoms with Gasteiger partial charge in [0.1, 0.15) is 0 Å². The molecule has 0 radical (unpaired) electrons. The van der Waals surface area contributed by atoms with E-state index in [1.807, 2.05) is 0 Å². The van der Waals surface area contributed by atoms with Crippen LogP contribution in [-0.4, -0.2) is 40.8 Å². The Hall–Kier alpha value is -1.69. The van der Waals surface area contributed by atoms with Gasteiger partial charge in [-0.05, 0) is 74.3 Å². The third kappa shape index (κ3) is 3.04. The first-order chi connectivity index (χ1) is 15.1. The highest BCUT2D eigenvalue weighted by Gasteiger charge is 2.64. The molecule has 0 unspecified atom stereocenters. The minimum absolute atomic E-state index is 0.209. The van der Waals surface area contributed by atoms with Crippen molar-refractivity contribution < 1.29 is 24.5 Å². The minimum Gasteiger partial charge on any atom is -0.478 e. The third-order valence-electron chi connectivity index (χ3n) is 9.57. The number of carboxylic acid groups (broad SMARTS) is 1. The fourth-order valence-electron chi connectivity index (χ4n) is 8.00. The molecular formula is C27H36O5. The Balaban J connectivity index is 1.44. The Morgan fingerprint density at radius 3 is 2.62 bits per heavy atom. The summed E-state index contributed by atoms with van der Waals surface area (Å²) in [5, 5.41) is 21.2. The zero-order chi connectivity index (χ0) is 22.9. The van der Waals surface area contributed by atoms with Crippen LogP contribution >= 0.6 is 0 Å². The molecule has 1 heterocycles. The highest BCUT2D eigenvalue weighted by atomic mass is 16.7. The van der Waals surface area contributed by atoms with Gasteiger partial charge < -0.3 is 19.7 Å². The van der Waals surface area contributed by atoms with E-state index in [2.05, 4.69) is 26.2 Å². The molecule has 0 bridgehead atoms. The summed E-state index contributed by atoms with van der Waals surface area (Å²) in [6, 6.07) is 0. The monoisotopic (exact) mass is 440 g/mol. The van der Waals surface area contributed by atoms with Crippen LogP contribution in [0.3, 0.4) is 0 Å². The van der Waals surface area contributed by atoms with E-state index in [0.29, 0.717) is 48.9 Å². The maximum atomic E-state index is 11.9. The van der Waals surface area contributed by atoms with Crippen LogP contribution in [0.5, 0.6) is 0 Å². The van der Waals surface area contributed by atoms with Gasteiger partial charge in [0.15, 0.2) is 5.79 Å². The predicted octanol–water partition coefficient (Wildman–Crippen LogP) is 4.79. The van der Waals surface area contributed by atoms with Crippen molar-refractivity contribution in [1.29, 1.82) is 0 Å². The van der Waals surface area contributed by atoms with Crippen molar-refractivity contribution in [3.63, 3.8) is 0 Å². The van der Waals surface area contributed by atoms with Crippen LogP contribution in [0.15, 0.2) is 47.6 Å². The van der Waals surface area contributed by atoms with Crippen LogP contribution in [0.25, 0.3) is 0 Å². The van der Waals surface area contributed by atoms with E-state index in [-0.39, 0.29) is 11.0 Å². The molecule has 3 saturated carbocycles. The molecule has 5 heteroatoms. The average Bonchev–Trinajstić information content (AvgIpc) is 3.30. The highest BCUT2D eigenvalue weighted by Crippen LogP contribution is 2.67. The van der Waals surface area contributed by atoms with E-state index < -0.39 is 17.4 Å². The first-order valence-electron chi connectivity index (χ1n) is 12.1. The second kappa shape index (κ2) is 7.41. The SMILES string of the molecule is C=C1C[C@@]2(C)[C@@H](CC[C@]2(O)C(=C)C=C(C)C(=O)O)[C@@H]2CC=C3CC4(CC[C@@H]3[C@@H]12)OCCO4. The molecule has 0 aromatic heterocycles. The van der Waals surface area contributed by atoms with Crippen LogP contribution < -0.4 is 0 Å². The van der Waals surface area contributed by atoms with E-state index in [1.54, 1.807) is 13.0 Å². The first kappa shape index (κ1) is 22.1. The molecule has 174 valence electrons. The van der Waals surface area contributed by atoms with Crippen LogP contribution in [0.1, 0.15) is 58.8 Å². The van der Waals surface area contributed by atoms with Crippen molar-refractivity contribution in [2.45, 2.75) is 70.2 Å². The topological polar surface area (TPSA) is 76.0 Å². The molecular weight excluding hydrogens is 404 g/mol. The van der Waals surface area contributed by atoms with Gasteiger partial charge >= 0.3 is 5.97 Å². The molecule has 1 saturated heterocycles. The summed E-state index contributed by atoms with van der Waals surface area (Å²) in [6.07, 6.45) is 10.2. The first-order valence-corrected chi connectivity index (χ1v) is 12.1. The van der Waals surface area contributed by atoms with Gasteiger partial charge in [-0.1, -0.05) is 37.3 Å². The van der Waals surface area contributed by atoms with Crippen molar-refractivity contribution in [3.8, 4) is 0 Å². The molecule has 0 aromatic carbocycles. The number of fused-ring (bicyclic) bond motifs is 5. The second-order valence-electron chi connectivity index (χ2n) is 11.0. The summed E-state index contributed by atoms with van der Waals surface area (Å²) in [5.41, 5.74) is 1.96. The fraction of sp³-hybridized carbons (Fsp3) is 0.667. The molecule has 32 heavy (non-hydrogen) atoms. The summed E-state index contributed by atoms with van der Waals surface area (Å²) in [7, 11) is 0. The molecule has 5 rings (SSSR count). The molecule has 5 aliphatic rings. The number of carboxylic acids is 1. The molecule has 0 aromatic rings. The standard InChI is InChI=1S/C27H36O5/c1-16(24(28)29)13-18(3)27(30)10-8-22-21-6-5-19-15-26(31-11-12-32-26)9-7-20(19)23(21)17(2)14-25(22,27)4/h5,13,20-23,30H,2-3,6-12,14-15H2,1,4H3,(H,28,29)/t20-,21-,22-,23+,25-,27-/m0/s1. The lowest BCUT2D eigenvalue weighted by Crippen LogP contribution is -2.54. The van der Waals surface area contributed by atoms with Gasteiger partial charge in [0.05, 0.1) is 18.8 Å². The van der Waals surface area contributed by atoms with E-state index >= 15 is 0 Å². The lowest BCUT2D eigenvalue weighted by Gasteiger charge is -2.57. The number of aliphatic carboxylic acids is 1. The molecule has 5 nitrogen and oxygen atoms in total. The van der Waals surface area contributed by atoms with E-state index in [0.717, 1.165) is 38.5 Å². The molecule has 4 aliphatic carbocycles. The van der Waals surface area contributed by atoms with Crippen molar-refractivity contribution in [2.75, 3.05) is 13.2 Å². The predicted molar refractivity (Wildman–Crippen MR) is 122 cm³/mol. The van der Waals surface area contributed by atoms with Crippen molar-refractivity contribution in [2.24, 2.45) is 29.1 Å². The number of carbonyl (C=O) groups is 1. The van der Waals surface area contributed by atoms with Crippen molar-refractivity contribution in [3.05, 3.63) is 47.6 Å². The lowest BCUT2D eigenvalue weighted by molar-refractivity contribution is -0.175. The third-order valence-corrected chi connectivity index (χ3v) is 9.57. The van der Waals surface area contributed by atoms with Gasteiger partial charge in [-0.3, -0.25) is 0 Å². The second-order valence-corrected chi connectivity index (χ2v) is 11.0. The van der Waals surface area contributed by atoms with E-state index in [9.17, 15) is 15.0 Å². The molecule has 0 amide bonds. The summed E-state index contributed by atoms with van der Waals surface area (Å²) < 4.78 is 12.0. The number of aliphatic hydroxyl groups is 1. The summed E-state index contributed by atoms with van der Waals surface area (Å²) in [6.45, 7) is 13.8. The van der Waals surface area contributed by atoms with E-state index in [4.69, 9.17) is 9.47 Å². The average molecular weight is 441 g/mol. The van der Waals surface area contributed by atoms with Crippen molar-refractivity contribution >= 4 is 5.97 Å². The largest absolute Gasteiger partial charge is 0.478 e. The normalized spacial score (nSPS) is 42.8. The Bertz CT molecular complexity index is 922. The van der Waals surface area contributed by atoms with Gasteiger partial charge in [0.2, 0.25) is 0 Å². The lowest BCUT2D eigenvalue weighted by atomic mass is 9.49. The molecule has 6 atom stereocenters. The fourth-order valence-corrected chi connectivity index (χ4v) is 8.00. The maximum Gasteiger partial charge on any atom is 0.331 e. The van der Waals surface area contributed by atoms with Crippen LogP contribution in [0.4, 0.5) is 0 Å². The maximum absolute atomic E-state index is 11.9. The number of hydrogen-bond acceptors (Lipinski definition) is 4. The van der Waals surface area contributed by atoms with Gasteiger partial charge in [0, 0.05) is 23.8 Å². The quantitative estimate of drug-likeness (QED) is 0.375. The van der Waals surface area contributed by atoms with Gasteiger partial charge in [-0.2, -0.15) is 0 Å².